The van der Waals surface area contributed by atoms with E-state index in [-0.39, 0.29) is 35.9 Å². The van der Waals surface area contributed by atoms with Crippen molar-refractivity contribution >= 4 is 41.2 Å². The van der Waals surface area contributed by atoms with Crippen molar-refractivity contribution in [3.63, 3.8) is 0 Å². The number of amides is 3. The van der Waals surface area contributed by atoms with Gasteiger partial charge >= 0.3 is 11.8 Å². The predicted octanol–water partition coefficient (Wildman–Crippen LogP) is 2.81. The third-order valence-electron chi connectivity index (χ3n) is 5.11. The molecule has 1 heterocycles. The van der Waals surface area contributed by atoms with Crippen molar-refractivity contribution in [1.82, 2.24) is 10.7 Å². The fraction of sp³-hybridized carbons (Fsp3) is 0.360. The summed E-state index contributed by atoms with van der Waals surface area (Å²) in [4.78, 5) is 36.1. The average Bonchev–Trinajstić information content (AvgIpc) is 3.37. The van der Waals surface area contributed by atoms with Gasteiger partial charge in [-0.15, -0.1) is 0 Å². The van der Waals surface area contributed by atoms with Gasteiger partial charge < -0.3 is 24.8 Å². The number of anilines is 1. The lowest BCUT2D eigenvalue weighted by Gasteiger charge is -2.14. The maximum Gasteiger partial charge on any atom is 0.329 e. The third kappa shape index (κ3) is 8.24. The van der Waals surface area contributed by atoms with Crippen LogP contribution in [-0.4, -0.2) is 56.4 Å². The molecule has 1 fully saturated rings. The first-order valence-electron chi connectivity index (χ1n) is 11.5. The van der Waals surface area contributed by atoms with E-state index in [1.54, 1.807) is 25.1 Å². The lowest BCUT2D eigenvalue weighted by Crippen LogP contribution is -2.41. The molecule has 0 spiro atoms. The number of hydrazone groups is 1. The van der Waals surface area contributed by atoms with Crippen LogP contribution < -0.4 is 25.5 Å². The number of nitrogens with one attached hydrogen (secondary N) is 3. The van der Waals surface area contributed by atoms with Gasteiger partial charge in [0.1, 0.15) is 0 Å². The summed E-state index contributed by atoms with van der Waals surface area (Å²) in [6.45, 7) is 4.72. The van der Waals surface area contributed by atoms with Crippen LogP contribution in [0.4, 0.5) is 5.69 Å². The SMILES string of the molecule is CCOc1cc(/C=N\NC(=O)C(=O)NC[C@@H]2CCCO2)cc(Cl)c1OCC(=O)Nc1ccc(C)cc1. The summed E-state index contributed by atoms with van der Waals surface area (Å²) in [7, 11) is 0. The zero-order chi connectivity index (χ0) is 25.9. The second kappa shape index (κ2) is 13.5. The van der Waals surface area contributed by atoms with Gasteiger partial charge in [0.25, 0.3) is 5.91 Å². The van der Waals surface area contributed by atoms with Crippen LogP contribution in [0.5, 0.6) is 11.5 Å². The molecule has 0 unspecified atom stereocenters. The molecule has 0 aliphatic carbocycles. The molecular weight excluding hydrogens is 488 g/mol. The molecule has 2 aromatic carbocycles. The van der Waals surface area contributed by atoms with E-state index in [2.05, 4.69) is 21.2 Å². The van der Waals surface area contributed by atoms with Crippen LogP contribution in [0.1, 0.15) is 30.9 Å². The molecule has 0 saturated carbocycles. The van der Waals surface area contributed by atoms with Crippen molar-refractivity contribution in [3.05, 3.63) is 52.5 Å². The fourth-order valence-electron chi connectivity index (χ4n) is 3.35. The second-order valence-electron chi connectivity index (χ2n) is 8.01. The fourth-order valence-corrected chi connectivity index (χ4v) is 3.62. The molecule has 2 aromatic rings. The minimum absolute atomic E-state index is 0.0706. The number of carbonyl (C=O) groups excluding carboxylic acids is 3. The van der Waals surface area contributed by atoms with E-state index in [0.29, 0.717) is 30.2 Å². The van der Waals surface area contributed by atoms with Gasteiger partial charge in [0.15, 0.2) is 18.1 Å². The van der Waals surface area contributed by atoms with Crippen molar-refractivity contribution in [3.8, 4) is 11.5 Å². The van der Waals surface area contributed by atoms with Crippen molar-refractivity contribution < 1.29 is 28.6 Å². The zero-order valence-corrected chi connectivity index (χ0v) is 20.9. The molecule has 1 saturated heterocycles. The molecule has 0 radical (unpaired) electrons. The highest BCUT2D eigenvalue weighted by Gasteiger charge is 2.19. The van der Waals surface area contributed by atoms with Gasteiger partial charge in [-0.05, 0) is 56.5 Å². The highest BCUT2D eigenvalue weighted by Crippen LogP contribution is 2.36. The van der Waals surface area contributed by atoms with Crippen LogP contribution in [0, 0.1) is 6.92 Å². The van der Waals surface area contributed by atoms with Crippen LogP contribution in [-0.2, 0) is 19.1 Å². The number of aryl methyl sites for hydroxylation is 1. The van der Waals surface area contributed by atoms with Crippen LogP contribution in [0.3, 0.4) is 0 Å². The largest absolute Gasteiger partial charge is 0.490 e. The van der Waals surface area contributed by atoms with Crippen molar-refractivity contribution in [2.45, 2.75) is 32.8 Å². The van der Waals surface area contributed by atoms with E-state index >= 15 is 0 Å². The Labute approximate surface area is 214 Å². The minimum atomic E-state index is -0.903. The summed E-state index contributed by atoms with van der Waals surface area (Å²) in [6.07, 6.45) is 3.03. The molecule has 11 heteroatoms. The Morgan fingerprint density at radius 2 is 1.94 bits per heavy atom. The average molecular weight is 517 g/mol. The van der Waals surface area contributed by atoms with E-state index < -0.39 is 11.8 Å². The van der Waals surface area contributed by atoms with Crippen LogP contribution in [0.25, 0.3) is 0 Å². The number of nitrogens with zero attached hydrogens (tertiary/aromatic N) is 1. The molecule has 0 bridgehead atoms. The summed E-state index contributed by atoms with van der Waals surface area (Å²) >= 11 is 6.37. The Hall–Kier alpha value is -3.63. The van der Waals surface area contributed by atoms with Gasteiger partial charge in [0.05, 0.1) is 23.9 Å². The molecular formula is C25H29ClN4O6. The molecule has 0 aromatic heterocycles. The summed E-state index contributed by atoms with van der Waals surface area (Å²) in [6, 6.07) is 10.5. The number of hydrogen-bond donors (Lipinski definition) is 3. The van der Waals surface area contributed by atoms with E-state index in [1.807, 2.05) is 19.1 Å². The van der Waals surface area contributed by atoms with Gasteiger partial charge in [0.2, 0.25) is 0 Å². The van der Waals surface area contributed by atoms with Gasteiger partial charge in [0, 0.05) is 18.8 Å². The first kappa shape index (κ1) is 27.0. The molecule has 3 rings (SSSR count). The maximum absolute atomic E-state index is 12.3. The van der Waals surface area contributed by atoms with E-state index in [0.717, 1.165) is 18.4 Å². The summed E-state index contributed by atoms with van der Waals surface area (Å²) < 4.78 is 16.6. The third-order valence-corrected chi connectivity index (χ3v) is 5.40. The summed E-state index contributed by atoms with van der Waals surface area (Å²) in [5.41, 5.74) is 4.39. The van der Waals surface area contributed by atoms with Crippen molar-refractivity contribution in [1.29, 1.82) is 0 Å². The van der Waals surface area contributed by atoms with Crippen molar-refractivity contribution in [2.24, 2.45) is 5.10 Å². The van der Waals surface area contributed by atoms with Gasteiger partial charge in [-0.1, -0.05) is 29.3 Å². The Bertz CT molecular complexity index is 1100. The number of rotatable bonds is 10. The Kier molecular flexibility index (Phi) is 10.1. The number of hydrogen-bond acceptors (Lipinski definition) is 7. The molecule has 3 amide bonds. The topological polar surface area (TPSA) is 127 Å². The lowest BCUT2D eigenvalue weighted by molar-refractivity contribution is -0.139. The monoisotopic (exact) mass is 516 g/mol. The standard InChI is InChI=1S/C25H29ClN4O6/c1-3-34-21-12-17(13-28-30-25(33)24(32)27-14-19-5-4-10-35-19)11-20(26)23(21)36-15-22(31)29-18-8-6-16(2)7-9-18/h6-9,11-13,19H,3-5,10,14-15H2,1-2H3,(H,27,32)(H,29,31)(H,30,33)/b28-13-/t19-/m0/s1. The Balaban J connectivity index is 1.55. The second-order valence-corrected chi connectivity index (χ2v) is 8.42. The van der Waals surface area contributed by atoms with E-state index in [1.165, 1.54) is 12.3 Å². The molecule has 192 valence electrons. The molecule has 1 aliphatic rings. The smallest absolute Gasteiger partial charge is 0.329 e. The Morgan fingerprint density at radius 1 is 1.17 bits per heavy atom. The highest BCUT2D eigenvalue weighted by atomic mass is 35.5. The first-order valence-corrected chi connectivity index (χ1v) is 11.9. The zero-order valence-electron chi connectivity index (χ0n) is 20.1. The van der Waals surface area contributed by atoms with Crippen LogP contribution >= 0.6 is 11.6 Å². The molecule has 10 nitrogen and oxygen atoms in total. The van der Waals surface area contributed by atoms with Crippen LogP contribution in [0.2, 0.25) is 5.02 Å². The van der Waals surface area contributed by atoms with Gasteiger partial charge in [-0.2, -0.15) is 5.10 Å². The van der Waals surface area contributed by atoms with Crippen molar-refractivity contribution in [2.75, 3.05) is 31.7 Å². The number of benzene rings is 2. The van der Waals surface area contributed by atoms with Gasteiger partial charge in [-0.25, -0.2) is 5.43 Å². The van der Waals surface area contributed by atoms with Gasteiger partial charge in [-0.3, -0.25) is 14.4 Å². The normalized spacial score (nSPS) is 14.9. The number of ether oxygens (including phenoxy) is 3. The Morgan fingerprint density at radius 3 is 2.64 bits per heavy atom. The maximum atomic E-state index is 12.3. The number of carbonyl (C=O) groups is 3. The lowest BCUT2D eigenvalue weighted by atomic mass is 10.2. The quantitative estimate of drug-likeness (QED) is 0.253. The molecule has 1 aliphatic heterocycles. The molecule has 1 atom stereocenters. The molecule has 36 heavy (non-hydrogen) atoms. The highest BCUT2D eigenvalue weighted by molar-refractivity contribution is 6.35. The minimum Gasteiger partial charge on any atom is -0.490 e. The van der Waals surface area contributed by atoms with Crippen LogP contribution in [0.15, 0.2) is 41.5 Å². The molecule has 3 N–H and O–H groups in total. The van der Waals surface area contributed by atoms with E-state index in [4.69, 9.17) is 25.8 Å². The predicted molar refractivity (Wildman–Crippen MR) is 136 cm³/mol. The van der Waals surface area contributed by atoms with E-state index in [9.17, 15) is 14.4 Å². The number of halogens is 1. The first-order chi connectivity index (χ1) is 17.4. The summed E-state index contributed by atoms with van der Waals surface area (Å²) in [5, 5.41) is 9.25. The summed E-state index contributed by atoms with van der Waals surface area (Å²) in [5.74, 6) is -1.56.